The fraction of sp³-hybridized carbons (Fsp3) is 0.583. The van der Waals surface area contributed by atoms with Gasteiger partial charge in [-0.1, -0.05) is 6.07 Å². The highest BCUT2D eigenvalue weighted by Crippen LogP contribution is 2.30. The smallest absolute Gasteiger partial charge is 0.209 e. The Balaban J connectivity index is 2.22. The van der Waals surface area contributed by atoms with Crippen LogP contribution in [0.2, 0.25) is 0 Å². The van der Waals surface area contributed by atoms with Crippen LogP contribution >= 0.6 is 0 Å². The van der Waals surface area contributed by atoms with E-state index in [0.717, 1.165) is 18.4 Å². The van der Waals surface area contributed by atoms with E-state index in [1.54, 1.807) is 12.4 Å². The van der Waals surface area contributed by atoms with Gasteiger partial charge in [-0.05, 0) is 30.4 Å². The molecular formula is C12H18N2O3S. The molecule has 1 fully saturated rings. The van der Waals surface area contributed by atoms with Crippen LogP contribution in [0.25, 0.3) is 0 Å². The fourth-order valence-corrected chi connectivity index (χ4v) is 3.07. The number of nitrogens with one attached hydrogen (secondary N) is 1. The Morgan fingerprint density at radius 3 is 2.72 bits per heavy atom. The van der Waals surface area contributed by atoms with Gasteiger partial charge in [0.1, 0.15) is 0 Å². The number of hydrogen-bond acceptors (Lipinski definition) is 4. The lowest BCUT2D eigenvalue weighted by Gasteiger charge is -2.30. The third kappa shape index (κ3) is 3.76. The zero-order valence-corrected chi connectivity index (χ0v) is 11.2. The molecular weight excluding hydrogens is 252 g/mol. The number of nitrogens with zero attached hydrogens (tertiary/aromatic N) is 1. The summed E-state index contributed by atoms with van der Waals surface area (Å²) in [6.07, 6.45) is 6.32. The van der Waals surface area contributed by atoms with E-state index >= 15 is 0 Å². The highest BCUT2D eigenvalue weighted by Gasteiger charge is 2.27. The molecule has 0 bridgehead atoms. The lowest BCUT2D eigenvalue weighted by molar-refractivity contribution is 0.0564. The predicted molar refractivity (Wildman–Crippen MR) is 68.5 cm³/mol. The van der Waals surface area contributed by atoms with Crippen LogP contribution in [-0.2, 0) is 14.8 Å². The van der Waals surface area contributed by atoms with Crippen LogP contribution in [-0.4, -0.2) is 32.9 Å². The Morgan fingerprint density at radius 2 is 2.17 bits per heavy atom. The van der Waals surface area contributed by atoms with Gasteiger partial charge < -0.3 is 4.74 Å². The zero-order chi connectivity index (χ0) is 13.0. The quantitative estimate of drug-likeness (QED) is 0.889. The van der Waals surface area contributed by atoms with E-state index in [4.69, 9.17) is 4.74 Å². The second kappa shape index (κ2) is 5.77. The van der Waals surface area contributed by atoms with E-state index in [1.165, 1.54) is 6.26 Å². The maximum Gasteiger partial charge on any atom is 0.209 e. The van der Waals surface area contributed by atoms with Crippen molar-refractivity contribution in [1.29, 1.82) is 0 Å². The normalized spacial score (nSPS) is 19.6. The molecule has 1 aliphatic heterocycles. The van der Waals surface area contributed by atoms with Crippen LogP contribution in [0, 0.1) is 5.92 Å². The molecule has 0 radical (unpaired) electrons. The maximum atomic E-state index is 11.5. The Morgan fingerprint density at radius 1 is 1.44 bits per heavy atom. The van der Waals surface area contributed by atoms with Gasteiger partial charge in [-0.15, -0.1) is 0 Å². The van der Waals surface area contributed by atoms with Gasteiger partial charge in [0.2, 0.25) is 10.0 Å². The van der Waals surface area contributed by atoms with Gasteiger partial charge in [-0.3, -0.25) is 4.98 Å². The standard InChI is InChI=1S/C12H18N2O3S/c1-18(15,16)14-12(10-4-7-17-8-5-10)11-3-2-6-13-9-11/h2-3,6,9-10,12,14H,4-5,7-8H2,1H3. The second-order valence-electron chi connectivity index (χ2n) is 4.60. The van der Waals surface area contributed by atoms with Crippen molar-refractivity contribution in [3.63, 3.8) is 0 Å². The third-order valence-electron chi connectivity index (χ3n) is 3.12. The van der Waals surface area contributed by atoms with Crippen molar-refractivity contribution in [2.45, 2.75) is 18.9 Å². The van der Waals surface area contributed by atoms with Crippen molar-refractivity contribution >= 4 is 10.0 Å². The van der Waals surface area contributed by atoms with Crippen LogP contribution < -0.4 is 4.72 Å². The van der Waals surface area contributed by atoms with Gasteiger partial charge in [-0.2, -0.15) is 0 Å². The Bertz CT molecular complexity index is 469. The molecule has 2 heterocycles. The number of rotatable bonds is 4. The van der Waals surface area contributed by atoms with E-state index in [9.17, 15) is 8.42 Å². The summed E-state index contributed by atoms with van der Waals surface area (Å²) in [6, 6.07) is 3.52. The summed E-state index contributed by atoms with van der Waals surface area (Å²) in [4.78, 5) is 4.06. The molecule has 6 heteroatoms. The number of hydrogen-bond donors (Lipinski definition) is 1. The third-order valence-corrected chi connectivity index (χ3v) is 3.80. The van der Waals surface area contributed by atoms with Crippen molar-refractivity contribution in [3.05, 3.63) is 30.1 Å². The number of sulfonamides is 1. The van der Waals surface area contributed by atoms with E-state index in [-0.39, 0.29) is 12.0 Å². The first kappa shape index (κ1) is 13.5. The summed E-state index contributed by atoms with van der Waals surface area (Å²) in [7, 11) is -3.24. The molecule has 0 aliphatic carbocycles. The van der Waals surface area contributed by atoms with Crippen molar-refractivity contribution in [2.75, 3.05) is 19.5 Å². The van der Waals surface area contributed by atoms with Crippen LogP contribution in [0.3, 0.4) is 0 Å². The predicted octanol–water partition coefficient (Wildman–Crippen LogP) is 1.10. The average Bonchev–Trinajstić information content (AvgIpc) is 2.37. The molecule has 2 rings (SSSR count). The Labute approximate surface area is 108 Å². The first-order valence-electron chi connectivity index (χ1n) is 6.01. The van der Waals surface area contributed by atoms with Crippen molar-refractivity contribution in [1.82, 2.24) is 9.71 Å². The minimum Gasteiger partial charge on any atom is -0.381 e. The molecule has 0 amide bonds. The van der Waals surface area contributed by atoms with Crippen LogP contribution in [0.4, 0.5) is 0 Å². The molecule has 0 aromatic carbocycles. The highest BCUT2D eigenvalue weighted by molar-refractivity contribution is 7.88. The van der Waals surface area contributed by atoms with Crippen LogP contribution in [0.15, 0.2) is 24.5 Å². The average molecular weight is 270 g/mol. The Hall–Kier alpha value is -0.980. The topological polar surface area (TPSA) is 68.3 Å². The van der Waals surface area contributed by atoms with Gasteiger partial charge in [0.25, 0.3) is 0 Å². The SMILES string of the molecule is CS(=O)(=O)NC(c1cccnc1)C1CCOCC1. The molecule has 1 aliphatic rings. The maximum absolute atomic E-state index is 11.5. The molecule has 1 N–H and O–H groups in total. The van der Waals surface area contributed by atoms with Crippen LogP contribution in [0.5, 0.6) is 0 Å². The first-order valence-corrected chi connectivity index (χ1v) is 7.90. The number of pyridine rings is 1. The van der Waals surface area contributed by atoms with Gasteiger partial charge in [-0.25, -0.2) is 13.1 Å². The summed E-state index contributed by atoms with van der Waals surface area (Å²) in [5, 5.41) is 0. The second-order valence-corrected chi connectivity index (χ2v) is 6.38. The minimum atomic E-state index is -3.24. The van der Waals surface area contributed by atoms with E-state index in [2.05, 4.69) is 9.71 Å². The minimum absolute atomic E-state index is 0.211. The monoisotopic (exact) mass is 270 g/mol. The van der Waals surface area contributed by atoms with Crippen LogP contribution in [0.1, 0.15) is 24.4 Å². The zero-order valence-electron chi connectivity index (χ0n) is 10.4. The number of aromatic nitrogens is 1. The van der Waals surface area contributed by atoms with E-state index < -0.39 is 10.0 Å². The largest absolute Gasteiger partial charge is 0.381 e. The van der Waals surface area contributed by atoms with E-state index in [0.29, 0.717) is 13.2 Å². The lowest BCUT2D eigenvalue weighted by Crippen LogP contribution is -2.35. The molecule has 18 heavy (non-hydrogen) atoms. The van der Waals surface area contributed by atoms with Gasteiger partial charge in [0.05, 0.1) is 12.3 Å². The molecule has 0 saturated carbocycles. The Kier molecular flexibility index (Phi) is 4.31. The molecule has 1 aromatic heterocycles. The molecule has 1 saturated heterocycles. The summed E-state index contributed by atoms with van der Waals surface area (Å²) < 4.78 is 31.0. The molecule has 1 atom stereocenters. The van der Waals surface area contributed by atoms with Gasteiger partial charge in [0, 0.05) is 25.6 Å². The highest BCUT2D eigenvalue weighted by atomic mass is 32.2. The summed E-state index contributed by atoms with van der Waals surface area (Å²) in [6.45, 7) is 1.37. The molecule has 0 spiro atoms. The molecule has 100 valence electrons. The molecule has 1 aromatic rings. The van der Waals surface area contributed by atoms with Crippen molar-refractivity contribution in [2.24, 2.45) is 5.92 Å². The summed E-state index contributed by atoms with van der Waals surface area (Å²) >= 11 is 0. The number of ether oxygens (including phenoxy) is 1. The van der Waals surface area contributed by atoms with Crippen molar-refractivity contribution < 1.29 is 13.2 Å². The fourth-order valence-electron chi connectivity index (χ4n) is 2.28. The lowest BCUT2D eigenvalue weighted by atomic mass is 9.88. The first-order chi connectivity index (χ1) is 8.56. The van der Waals surface area contributed by atoms with Crippen molar-refractivity contribution in [3.8, 4) is 0 Å². The van der Waals surface area contributed by atoms with E-state index in [1.807, 2.05) is 12.1 Å². The molecule has 1 unspecified atom stereocenters. The molecule has 5 nitrogen and oxygen atoms in total. The van der Waals surface area contributed by atoms with Gasteiger partial charge in [0.15, 0.2) is 0 Å². The van der Waals surface area contributed by atoms with Gasteiger partial charge >= 0.3 is 0 Å². The summed E-state index contributed by atoms with van der Waals surface area (Å²) in [5.74, 6) is 0.262. The summed E-state index contributed by atoms with van der Waals surface area (Å²) in [5.41, 5.74) is 0.912.